The van der Waals surface area contributed by atoms with Crippen LogP contribution in [0.15, 0.2) is 0 Å². The van der Waals surface area contributed by atoms with E-state index in [1.54, 1.807) is 0 Å². The summed E-state index contributed by atoms with van der Waals surface area (Å²) >= 11 is 0. The topological polar surface area (TPSA) is 55.6 Å². The molecule has 0 bridgehead atoms. The van der Waals surface area contributed by atoms with Gasteiger partial charge in [-0.15, -0.1) is 0 Å². The first-order valence-electron chi connectivity index (χ1n) is 3.12. The van der Waals surface area contributed by atoms with E-state index in [2.05, 4.69) is 4.74 Å². The summed E-state index contributed by atoms with van der Waals surface area (Å²) in [4.78, 5) is 10.5. The zero-order chi connectivity index (χ0) is 9.78. The predicted octanol–water partition coefficient (Wildman–Crippen LogP) is 0.881. The van der Waals surface area contributed by atoms with Crippen LogP contribution in [0.3, 0.4) is 0 Å². The molecule has 12 heavy (non-hydrogen) atoms. The SMILES string of the molecule is CCN(N)C(=O)OCC(F)(F)F. The van der Waals surface area contributed by atoms with Gasteiger partial charge in [-0.2, -0.15) is 13.2 Å². The molecule has 0 unspecified atom stereocenters. The van der Waals surface area contributed by atoms with Crippen molar-refractivity contribution in [2.45, 2.75) is 13.1 Å². The van der Waals surface area contributed by atoms with Gasteiger partial charge in [0.2, 0.25) is 0 Å². The highest BCUT2D eigenvalue weighted by molar-refractivity contribution is 5.66. The third-order valence-electron chi connectivity index (χ3n) is 0.935. The van der Waals surface area contributed by atoms with Gasteiger partial charge in [-0.25, -0.2) is 15.6 Å². The first kappa shape index (κ1) is 11.0. The molecule has 0 aromatic heterocycles. The number of nitrogens with two attached hydrogens (primary N) is 1. The van der Waals surface area contributed by atoms with Crippen LogP contribution in [0.25, 0.3) is 0 Å². The summed E-state index contributed by atoms with van der Waals surface area (Å²) < 4.78 is 38.1. The fourth-order valence-corrected chi connectivity index (χ4v) is 0.356. The van der Waals surface area contributed by atoms with Crippen LogP contribution in [-0.2, 0) is 4.74 Å². The van der Waals surface area contributed by atoms with Crippen molar-refractivity contribution >= 4 is 6.09 Å². The van der Waals surface area contributed by atoms with Gasteiger partial charge in [0.15, 0.2) is 6.61 Å². The molecule has 0 aromatic carbocycles. The number of nitrogens with zero attached hydrogens (tertiary/aromatic N) is 1. The largest absolute Gasteiger partial charge is 0.439 e. The molecule has 0 fully saturated rings. The molecule has 72 valence electrons. The van der Waals surface area contributed by atoms with E-state index in [4.69, 9.17) is 5.84 Å². The number of carbonyl (C=O) groups excluding carboxylic acids is 1. The molecular formula is C5H9F3N2O2. The summed E-state index contributed by atoms with van der Waals surface area (Å²) in [7, 11) is 0. The van der Waals surface area contributed by atoms with Crippen LogP contribution in [0.2, 0.25) is 0 Å². The summed E-state index contributed by atoms with van der Waals surface area (Å²) in [5, 5.41) is 0.547. The highest BCUT2D eigenvalue weighted by atomic mass is 19.4. The Morgan fingerprint density at radius 1 is 1.58 bits per heavy atom. The molecule has 0 aromatic rings. The molecule has 2 N–H and O–H groups in total. The molecule has 0 radical (unpaired) electrons. The molecule has 4 nitrogen and oxygen atoms in total. The number of alkyl halides is 3. The van der Waals surface area contributed by atoms with Crippen molar-refractivity contribution in [2.75, 3.05) is 13.2 Å². The second kappa shape index (κ2) is 4.15. The van der Waals surface area contributed by atoms with Crippen LogP contribution in [0.4, 0.5) is 18.0 Å². The lowest BCUT2D eigenvalue weighted by Crippen LogP contribution is -2.39. The first-order valence-corrected chi connectivity index (χ1v) is 3.12. The van der Waals surface area contributed by atoms with Gasteiger partial charge in [0, 0.05) is 6.54 Å². The lowest BCUT2D eigenvalue weighted by molar-refractivity contribution is -0.162. The Balaban J connectivity index is 3.72. The van der Waals surface area contributed by atoms with E-state index < -0.39 is 18.9 Å². The highest BCUT2D eigenvalue weighted by Gasteiger charge is 2.30. The number of hydrogen-bond acceptors (Lipinski definition) is 3. The van der Waals surface area contributed by atoms with Crippen LogP contribution in [-0.4, -0.2) is 30.4 Å². The van der Waals surface area contributed by atoms with Crippen LogP contribution in [0, 0.1) is 0 Å². The zero-order valence-corrected chi connectivity index (χ0v) is 6.39. The Kier molecular flexibility index (Phi) is 3.81. The summed E-state index contributed by atoms with van der Waals surface area (Å²) in [6.07, 6.45) is -5.70. The van der Waals surface area contributed by atoms with Gasteiger partial charge in [0.1, 0.15) is 0 Å². The fourth-order valence-electron chi connectivity index (χ4n) is 0.356. The van der Waals surface area contributed by atoms with Crippen molar-refractivity contribution in [2.24, 2.45) is 5.84 Å². The van der Waals surface area contributed by atoms with Crippen LogP contribution in [0.5, 0.6) is 0 Å². The molecule has 7 heteroatoms. The third kappa shape index (κ3) is 4.78. The van der Waals surface area contributed by atoms with Gasteiger partial charge >= 0.3 is 12.3 Å². The highest BCUT2D eigenvalue weighted by Crippen LogP contribution is 2.14. The summed E-state index contributed by atoms with van der Waals surface area (Å²) in [5.41, 5.74) is 0. The Morgan fingerprint density at radius 3 is 2.42 bits per heavy atom. The van der Waals surface area contributed by atoms with Crippen molar-refractivity contribution < 1.29 is 22.7 Å². The average Bonchev–Trinajstić information content (AvgIpc) is 1.97. The zero-order valence-electron chi connectivity index (χ0n) is 6.39. The van der Waals surface area contributed by atoms with E-state index in [-0.39, 0.29) is 6.54 Å². The summed E-state index contributed by atoms with van der Waals surface area (Å²) in [6.45, 7) is -0.00886. The minimum atomic E-state index is -4.51. The standard InChI is InChI=1S/C5H9F3N2O2/c1-2-10(9)4(11)12-3-5(6,7)8/h2-3,9H2,1H3. The molecule has 0 aliphatic heterocycles. The normalized spacial score (nSPS) is 11.1. The molecule has 0 heterocycles. The Morgan fingerprint density at radius 2 is 2.08 bits per heavy atom. The van der Waals surface area contributed by atoms with Gasteiger partial charge in [0.05, 0.1) is 0 Å². The number of rotatable bonds is 2. The number of hydrogen-bond donors (Lipinski definition) is 1. The minimum absolute atomic E-state index is 0.0939. The van der Waals surface area contributed by atoms with Crippen molar-refractivity contribution in [3.05, 3.63) is 0 Å². The number of ether oxygens (including phenoxy) is 1. The molecular weight excluding hydrogens is 177 g/mol. The average molecular weight is 186 g/mol. The van der Waals surface area contributed by atoms with Crippen LogP contribution < -0.4 is 5.84 Å². The molecule has 0 aliphatic rings. The van der Waals surface area contributed by atoms with E-state index in [1.165, 1.54) is 6.92 Å². The Bertz CT molecular complexity index is 159. The predicted molar refractivity (Wildman–Crippen MR) is 34.0 cm³/mol. The second-order valence-corrected chi connectivity index (χ2v) is 1.96. The Hall–Kier alpha value is -0.980. The summed E-state index contributed by atoms with van der Waals surface area (Å²) in [5.74, 6) is 4.94. The number of amides is 1. The van der Waals surface area contributed by atoms with Gasteiger partial charge in [-0.05, 0) is 6.92 Å². The maximum absolute atomic E-state index is 11.4. The molecule has 0 saturated carbocycles. The van der Waals surface area contributed by atoms with E-state index in [0.717, 1.165) is 0 Å². The molecule has 1 amide bonds. The summed E-state index contributed by atoms with van der Waals surface area (Å²) in [6, 6.07) is 0. The molecule has 0 aliphatic carbocycles. The first-order chi connectivity index (χ1) is 5.37. The van der Waals surface area contributed by atoms with Gasteiger partial charge in [-0.1, -0.05) is 0 Å². The lowest BCUT2D eigenvalue weighted by atomic mass is 10.7. The maximum Gasteiger partial charge on any atom is 0.424 e. The maximum atomic E-state index is 11.4. The van der Waals surface area contributed by atoms with Gasteiger partial charge in [-0.3, -0.25) is 0 Å². The fraction of sp³-hybridized carbons (Fsp3) is 0.800. The van der Waals surface area contributed by atoms with Crippen LogP contribution in [0.1, 0.15) is 6.92 Å². The Labute approximate surface area is 67.0 Å². The van der Waals surface area contributed by atoms with Crippen molar-refractivity contribution in [1.29, 1.82) is 0 Å². The quantitative estimate of drug-likeness (QED) is 0.395. The minimum Gasteiger partial charge on any atom is -0.439 e. The van der Waals surface area contributed by atoms with Gasteiger partial charge in [0.25, 0.3) is 0 Å². The molecule has 0 atom stereocenters. The number of carbonyl (C=O) groups is 1. The van der Waals surface area contributed by atoms with E-state index in [9.17, 15) is 18.0 Å². The number of hydrazine groups is 1. The van der Waals surface area contributed by atoms with E-state index >= 15 is 0 Å². The molecule has 0 rings (SSSR count). The molecule has 0 saturated heterocycles. The van der Waals surface area contributed by atoms with Crippen LogP contribution >= 0.6 is 0 Å². The van der Waals surface area contributed by atoms with Crippen molar-refractivity contribution in [3.63, 3.8) is 0 Å². The van der Waals surface area contributed by atoms with Crippen molar-refractivity contribution in [1.82, 2.24) is 5.01 Å². The lowest BCUT2D eigenvalue weighted by Gasteiger charge is -2.14. The van der Waals surface area contributed by atoms with E-state index in [1.807, 2.05) is 0 Å². The monoisotopic (exact) mass is 186 g/mol. The van der Waals surface area contributed by atoms with Gasteiger partial charge < -0.3 is 4.74 Å². The smallest absolute Gasteiger partial charge is 0.424 e. The van der Waals surface area contributed by atoms with Crippen molar-refractivity contribution in [3.8, 4) is 0 Å². The third-order valence-corrected chi connectivity index (χ3v) is 0.935. The van der Waals surface area contributed by atoms with E-state index in [0.29, 0.717) is 5.01 Å². The second-order valence-electron chi connectivity index (χ2n) is 1.96. The number of halogens is 3. The molecule has 0 spiro atoms.